The van der Waals surface area contributed by atoms with E-state index in [9.17, 15) is 9.59 Å². The average Bonchev–Trinajstić information content (AvgIpc) is 3.23. The highest BCUT2D eigenvalue weighted by Gasteiger charge is 2.59. The van der Waals surface area contributed by atoms with Crippen molar-refractivity contribution in [3.8, 4) is 0 Å². The zero-order valence-corrected chi connectivity index (χ0v) is 24.6. The van der Waals surface area contributed by atoms with Crippen LogP contribution in [0, 0.1) is 46.3 Å². The van der Waals surface area contributed by atoms with E-state index < -0.39 is 12.1 Å². The van der Waals surface area contributed by atoms with E-state index in [1.807, 2.05) is 0 Å². The lowest BCUT2D eigenvalue weighted by atomic mass is 9.47. The number of esters is 1. The van der Waals surface area contributed by atoms with Crippen LogP contribution in [0.25, 0.3) is 0 Å². The molecule has 0 saturated heterocycles. The van der Waals surface area contributed by atoms with Crippen LogP contribution in [0.5, 0.6) is 0 Å². The van der Waals surface area contributed by atoms with Gasteiger partial charge in [0, 0.05) is 12.5 Å². The number of rotatable bonds is 10. The van der Waals surface area contributed by atoms with Crippen molar-refractivity contribution in [3.05, 3.63) is 24.3 Å². The van der Waals surface area contributed by atoms with Crippen LogP contribution in [-0.4, -0.2) is 31.4 Å². The highest BCUT2D eigenvalue weighted by atomic mass is 16.7. The van der Waals surface area contributed by atoms with E-state index in [0.717, 1.165) is 60.8 Å². The smallest absolute Gasteiger partial charge is 0.459 e. The second kappa shape index (κ2) is 12.2. The molecule has 4 aliphatic carbocycles. The molecule has 4 aliphatic rings. The first-order valence-corrected chi connectivity index (χ1v) is 15.4. The Kier molecular flexibility index (Phi) is 9.35. The first-order valence-electron chi connectivity index (χ1n) is 15.4. The Labute approximate surface area is 231 Å². The Morgan fingerprint density at radius 2 is 1.79 bits per heavy atom. The molecule has 38 heavy (non-hydrogen) atoms. The monoisotopic (exact) mass is 528 g/mol. The molecule has 214 valence electrons. The van der Waals surface area contributed by atoms with Crippen LogP contribution in [0.1, 0.15) is 105 Å². The van der Waals surface area contributed by atoms with Crippen molar-refractivity contribution in [2.45, 2.75) is 111 Å². The summed E-state index contributed by atoms with van der Waals surface area (Å²) in [5, 5.41) is 0. The number of hydrogen-bond acceptors (Lipinski definition) is 5. The van der Waals surface area contributed by atoms with Gasteiger partial charge in [-0.25, -0.2) is 9.59 Å². The molecule has 5 nitrogen and oxygen atoms in total. The number of hydrogen-bond donors (Lipinski definition) is 0. The van der Waals surface area contributed by atoms with Crippen LogP contribution in [0.2, 0.25) is 0 Å². The predicted molar refractivity (Wildman–Crippen MR) is 150 cm³/mol. The fourth-order valence-corrected chi connectivity index (χ4v) is 9.25. The van der Waals surface area contributed by atoms with Crippen LogP contribution >= 0.6 is 0 Å². The number of carbonyl (C=O) groups is 2. The van der Waals surface area contributed by atoms with Crippen molar-refractivity contribution in [1.29, 1.82) is 0 Å². The molecule has 0 spiro atoms. The molecule has 0 amide bonds. The second-order valence-electron chi connectivity index (χ2n) is 13.7. The van der Waals surface area contributed by atoms with Gasteiger partial charge in [-0.05, 0) is 91.3 Å². The maximum atomic E-state index is 12.2. The van der Waals surface area contributed by atoms with Gasteiger partial charge in [0.25, 0.3) is 0 Å². The quantitative estimate of drug-likeness (QED) is 0.124. The standard InChI is InChI=1S/C33H52O5/c1-7-30(34)36-19-20-37-31(35)38-25-15-17-32(5)24(21-25)11-12-26-28-14-13-27(23(4)10-8-9-22(2)3)33(28,6)18-16-29(26)32/h7,11,22-23,25-29H,1,8-10,12-21H2,2-6H3/t23-,25?,26+,27-,28+,29+,32+,33-/m1/s1. The van der Waals surface area contributed by atoms with E-state index in [1.54, 1.807) is 0 Å². The van der Waals surface area contributed by atoms with Crippen LogP contribution in [0.15, 0.2) is 24.3 Å². The summed E-state index contributed by atoms with van der Waals surface area (Å²) in [5.41, 5.74) is 2.24. The molecule has 0 N–H and O–H groups in total. The van der Waals surface area contributed by atoms with Crippen molar-refractivity contribution >= 4 is 12.1 Å². The van der Waals surface area contributed by atoms with Crippen LogP contribution < -0.4 is 0 Å². The molecular weight excluding hydrogens is 476 g/mol. The van der Waals surface area contributed by atoms with Crippen molar-refractivity contribution in [2.24, 2.45) is 46.3 Å². The van der Waals surface area contributed by atoms with E-state index in [2.05, 4.69) is 47.3 Å². The zero-order chi connectivity index (χ0) is 27.5. The van der Waals surface area contributed by atoms with Gasteiger partial charge in [0.1, 0.15) is 19.3 Å². The lowest BCUT2D eigenvalue weighted by molar-refractivity contribution is -0.139. The highest BCUT2D eigenvalue weighted by Crippen LogP contribution is 2.67. The molecule has 3 saturated carbocycles. The Morgan fingerprint density at radius 1 is 1.03 bits per heavy atom. The van der Waals surface area contributed by atoms with Crippen molar-refractivity contribution in [2.75, 3.05) is 13.2 Å². The van der Waals surface area contributed by atoms with Gasteiger partial charge in [-0.1, -0.05) is 72.1 Å². The summed E-state index contributed by atoms with van der Waals surface area (Å²) in [6.07, 6.45) is 16.5. The first kappa shape index (κ1) is 29.2. The minimum absolute atomic E-state index is 0.00715. The molecule has 0 bridgehead atoms. The minimum atomic E-state index is -0.671. The minimum Gasteiger partial charge on any atom is -0.459 e. The molecule has 0 aromatic rings. The van der Waals surface area contributed by atoms with E-state index >= 15 is 0 Å². The molecule has 0 heterocycles. The first-order chi connectivity index (χ1) is 18.1. The van der Waals surface area contributed by atoms with E-state index in [0.29, 0.717) is 5.41 Å². The van der Waals surface area contributed by atoms with Gasteiger partial charge in [-0.15, -0.1) is 0 Å². The summed E-state index contributed by atoms with van der Waals surface area (Å²) in [5.74, 6) is 4.42. The Bertz CT molecular complexity index is 892. The number of allylic oxidation sites excluding steroid dienone is 1. The maximum Gasteiger partial charge on any atom is 0.508 e. The molecule has 0 radical (unpaired) electrons. The largest absolute Gasteiger partial charge is 0.508 e. The van der Waals surface area contributed by atoms with Gasteiger partial charge in [0.15, 0.2) is 0 Å². The second-order valence-corrected chi connectivity index (χ2v) is 13.7. The molecule has 0 aromatic carbocycles. The fourth-order valence-electron chi connectivity index (χ4n) is 9.25. The molecular formula is C33H52O5. The molecule has 0 aromatic heterocycles. The van der Waals surface area contributed by atoms with Gasteiger partial charge in [0.2, 0.25) is 0 Å². The summed E-state index contributed by atoms with van der Waals surface area (Å²) in [6.45, 7) is 15.7. The lowest BCUT2D eigenvalue weighted by Crippen LogP contribution is -2.51. The normalized spacial score (nSPS) is 36.8. The molecule has 1 unspecified atom stereocenters. The Balaban J connectivity index is 1.33. The number of fused-ring (bicyclic) bond motifs is 5. The van der Waals surface area contributed by atoms with Gasteiger partial charge >= 0.3 is 12.1 Å². The van der Waals surface area contributed by atoms with E-state index in [4.69, 9.17) is 14.2 Å². The third-order valence-electron chi connectivity index (χ3n) is 11.2. The number of ether oxygens (including phenoxy) is 3. The molecule has 8 atom stereocenters. The summed E-state index contributed by atoms with van der Waals surface area (Å²) >= 11 is 0. The van der Waals surface area contributed by atoms with Crippen molar-refractivity contribution < 1.29 is 23.8 Å². The summed E-state index contributed by atoms with van der Waals surface area (Å²) < 4.78 is 15.6. The Hall–Kier alpha value is -1.78. The average molecular weight is 529 g/mol. The number of carbonyl (C=O) groups excluding carboxylic acids is 2. The molecule has 0 aliphatic heterocycles. The zero-order valence-electron chi connectivity index (χ0n) is 24.6. The van der Waals surface area contributed by atoms with Crippen molar-refractivity contribution in [3.63, 3.8) is 0 Å². The topological polar surface area (TPSA) is 61.8 Å². The van der Waals surface area contributed by atoms with Crippen LogP contribution in [-0.2, 0) is 19.0 Å². The molecule has 3 fully saturated rings. The van der Waals surface area contributed by atoms with Crippen molar-refractivity contribution in [1.82, 2.24) is 0 Å². The van der Waals surface area contributed by atoms with Gasteiger partial charge < -0.3 is 14.2 Å². The fraction of sp³-hybridized carbons (Fsp3) is 0.818. The van der Waals surface area contributed by atoms with Gasteiger partial charge in [-0.2, -0.15) is 0 Å². The Morgan fingerprint density at radius 3 is 2.53 bits per heavy atom. The van der Waals surface area contributed by atoms with Gasteiger partial charge in [-0.3, -0.25) is 0 Å². The maximum absolute atomic E-state index is 12.2. The van der Waals surface area contributed by atoms with E-state index in [1.165, 1.54) is 56.9 Å². The van der Waals surface area contributed by atoms with Gasteiger partial charge in [0.05, 0.1) is 0 Å². The predicted octanol–water partition coefficient (Wildman–Crippen LogP) is 8.28. The summed E-state index contributed by atoms with van der Waals surface area (Å²) in [7, 11) is 0. The highest BCUT2D eigenvalue weighted by molar-refractivity contribution is 5.81. The third kappa shape index (κ3) is 6.02. The van der Waals surface area contributed by atoms with E-state index in [-0.39, 0.29) is 24.7 Å². The lowest BCUT2D eigenvalue weighted by Gasteiger charge is -2.58. The summed E-state index contributed by atoms with van der Waals surface area (Å²) in [6, 6.07) is 0. The summed E-state index contributed by atoms with van der Waals surface area (Å²) in [4.78, 5) is 23.3. The molecule has 5 heteroatoms. The third-order valence-corrected chi connectivity index (χ3v) is 11.2. The SMILES string of the molecule is C=CC(=O)OCCOC(=O)OC1CC[C@@]2(C)C(=CC[C@H]3[C@@H]4CC[C@H]([C@H](C)CCCC(C)C)[C@@]4(C)CC[C@@H]32)C1. The molecule has 4 rings (SSSR count). The van der Waals surface area contributed by atoms with Crippen LogP contribution in [0.3, 0.4) is 0 Å². The van der Waals surface area contributed by atoms with Crippen LogP contribution in [0.4, 0.5) is 4.79 Å².